The molecule has 0 spiro atoms. The highest BCUT2D eigenvalue weighted by molar-refractivity contribution is 6.19. The van der Waals surface area contributed by atoms with Crippen molar-refractivity contribution in [2.24, 2.45) is 0 Å². The summed E-state index contributed by atoms with van der Waals surface area (Å²) in [6.45, 7) is 5.39. The molecule has 1 N–H and O–H groups in total. The highest BCUT2D eigenvalue weighted by Crippen LogP contribution is 2.36. The molecule has 3 heterocycles. The van der Waals surface area contributed by atoms with Gasteiger partial charge in [-0.3, -0.25) is 9.78 Å². The van der Waals surface area contributed by atoms with Crippen LogP contribution in [0.5, 0.6) is 0 Å². The molecule has 0 atom stereocenters. The number of benzene rings is 2. The zero-order valence-corrected chi connectivity index (χ0v) is 17.3. The highest BCUT2D eigenvalue weighted by atomic mass is 19.1. The van der Waals surface area contributed by atoms with E-state index in [4.69, 9.17) is 4.74 Å². The van der Waals surface area contributed by atoms with Gasteiger partial charge < -0.3 is 9.72 Å². The van der Waals surface area contributed by atoms with Crippen LogP contribution in [0, 0.1) is 5.82 Å². The van der Waals surface area contributed by atoms with E-state index in [0.717, 1.165) is 21.2 Å². The minimum atomic E-state index is -0.692. The van der Waals surface area contributed by atoms with Crippen molar-refractivity contribution in [1.82, 2.24) is 14.9 Å². The van der Waals surface area contributed by atoms with E-state index in [2.05, 4.69) is 9.97 Å². The summed E-state index contributed by atoms with van der Waals surface area (Å²) in [5.74, 6) is -0.739. The Kier molecular flexibility index (Phi) is 4.12. The first-order chi connectivity index (χ1) is 14.7. The van der Waals surface area contributed by atoms with Gasteiger partial charge >= 0.3 is 6.09 Å². The lowest BCUT2D eigenvalue weighted by Crippen LogP contribution is -2.37. The number of pyridine rings is 1. The fourth-order valence-corrected chi connectivity index (χ4v) is 3.94. The topological polar surface area (TPSA) is 75.3 Å². The fraction of sp³-hybridized carbons (Fsp3) is 0.208. The highest BCUT2D eigenvalue weighted by Gasteiger charge is 2.37. The van der Waals surface area contributed by atoms with Crippen LogP contribution in [-0.2, 0) is 11.3 Å². The van der Waals surface area contributed by atoms with Crippen molar-refractivity contribution in [3.05, 3.63) is 65.7 Å². The maximum Gasteiger partial charge on any atom is 0.417 e. The number of halogens is 1. The van der Waals surface area contributed by atoms with Crippen molar-refractivity contribution in [2.75, 3.05) is 0 Å². The van der Waals surface area contributed by atoms with E-state index >= 15 is 0 Å². The molecule has 0 radical (unpaired) electrons. The van der Waals surface area contributed by atoms with Crippen molar-refractivity contribution in [3.8, 4) is 11.3 Å². The molecule has 0 saturated heterocycles. The smallest absolute Gasteiger partial charge is 0.417 e. The van der Waals surface area contributed by atoms with Crippen LogP contribution in [0.15, 0.2) is 48.7 Å². The van der Waals surface area contributed by atoms with Crippen LogP contribution in [0.25, 0.3) is 32.9 Å². The van der Waals surface area contributed by atoms with Crippen molar-refractivity contribution >= 4 is 33.7 Å². The zero-order valence-electron chi connectivity index (χ0n) is 17.3. The molecule has 7 heteroatoms. The summed E-state index contributed by atoms with van der Waals surface area (Å²) in [5.41, 5.74) is 2.11. The van der Waals surface area contributed by atoms with Gasteiger partial charge in [-0.2, -0.15) is 0 Å². The molecule has 2 aromatic carbocycles. The lowest BCUT2D eigenvalue weighted by atomic mass is 10.0. The Labute approximate surface area is 177 Å². The number of fused-ring (bicyclic) bond motifs is 5. The van der Waals surface area contributed by atoms with Gasteiger partial charge in [0, 0.05) is 33.6 Å². The van der Waals surface area contributed by atoms with Crippen molar-refractivity contribution in [1.29, 1.82) is 0 Å². The van der Waals surface area contributed by atoms with Gasteiger partial charge in [-0.05, 0) is 39.0 Å². The van der Waals surface area contributed by atoms with Crippen LogP contribution in [0.1, 0.15) is 36.8 Å². The molecule has 31 heavy (non-hydrogen) atoms. The van der Waals surface area contributed by atoms with Crippen molar-refractivity contribution in [2.45, 2.75) is 32.9 Å². The third-order valence-corrected chi connectivity index (χ3v) is 5.29. The summed E-state index contributed by atoms with van der Waals surface area (Å²) >= 11 is 0. The predicted octanol–water partition coefficient (Wildman–Crippen LogP) is 5.41. The number of hydrogen-bond acceptors (Lipinski definition) is 4. The maximum atomic E-state index is 14.3. The van der Waals surface area contributed by atoms with Crippen LogP contribution < -0.4 is 0 Å². The van der Waals surface area contributed by atoms with E-state index in [0.29, 0.717) is 27.9 Å². The number of hydrogen-bond donors (Lipinski definition) is 1. The SMILES string of the molecule is CC(C)(C)OC(=O)N1Cc2[nH]c3c(ccc4cnc(-c5ccccc5F)cc43)c2C1=O. The first-order valence-corrected chi connectivity index (χ1v) is 9.96. The molecule has 0 aliphatic carbocycles. The quantitative estimate of drug-likeness (QED) is 0.449. The Balaban J connectivity index is 1.60. The molecule has 156 valence electrons. The number of rotatable bonds is 1. The number of aromatic amines is 1. The fourth-order valence-electron chi connectivity index (χ4n) is 3.94. The average Bonchev–Trinajstić information content (AvgIpc) is 3.23. The van der Waals surface area contributed by atoms with Gasteiger partial charge in [0.15, 0.2) is 0 Å². The van der Waals surface area contributed by atoms with Crippen LogP contribution in [0.3, 0.4) is 0 Å². The second-order valence-corrected chi connectivity index (χ2v) is 8.61. The number of H-pyrrole nitrogens is 1. The van der Waals surface area contributed by atoms with Gasteiger partial charge in [-0.1, -0.05) is 24.3 Å². The molecule has 4 aromatic rings. The summed E-state index contributed by atoms with van der Waals surface area (Å²) < 4.78 is 19.6. The molecule has 2 aromatic heterocycles. The van der Waals surface area contributed by atoms with Crippen LogP contribution >= 0.6 is 0 Å². The van der Waals surface area contributed by atoms with Gasteiger partial charge in [-0.15, -0.1) is 0 Å². The standard InChI is InChI=1S/C24H20FN3O3/c1-24(2,3)31-23(30)28-12-19-20(22(28)29)15-9-8-13-11-26-18(10-16(13)21(15)27-19)14-6-4-5-7-17(14)25/h4-11,27H,12H2,1-3H3. The van der Waals surface area contributed by atoms with E-state index < -0.39 is 17.6 Å². The lowest BCUT2D eigenvalue weighted by Gasteiger charge is -2.23. The van der Waals surface area contributed by atoms with Crippen LogP contribution in [0.2, 0.25) is 0 Å². The first kappa shape index (κ1) is 19.2. The molecular weight excluding hydrogens is 397 g/mol. The Hall–Kier alpha value is -3.74. The largest absolute Gasteiger partial charge is 0.443 e. The normalized spacial score (nSPS) is 13.8. The minimum absolute atomic E-state index is 0.116. The number of nitrogens with zero attached hydrogens (tertiary/aromatic N) is 2. The summed E-state index contributed by atoms with van der Waals surface area (Å²) in [5, 5.41) is 2.41. The van der Waals surface area contributed by atoms with Gasteiger partial charge in [0.25, 0.3) is 5.91 Å². The molecule has 0 bridgehead atoms. The number of aromatic nitrogens is 2. The Morgan fingerprint density at radius 1 is 1.16 bits per heavy atom. The van der Waals surface area contributed by atoms with Gasteiger partial charge in [0.05, 0.1) is 23.3 Å². The minimum Gasteiger partial charge on any atom is -0.443 e. The maximum absolute atomic E-state index is 14.3. The first-order valence-electron chi connectivity index (χ1n) is 9.96. The van der Waals surface area contributed by atoms with Crippen LogP contribution in [-0.4, -0.2) is 32.5 Å². The summed E-state index contributed by atoms with van der Waals surface area (Å²) in [6, 6.07) is 12.0. The molecule has 0 saturated carbocycles. The molecule has 1 aliphatic rings. The third-order valence-electron chi connectivity index (χ3n) is 5.29. The lowest BCUT2D eigenvalue weighted by molar-refractivity contribution is 0.0247. The zero-order chi connectivity index (χ0) is 21.9. The number of imide groups is 1. The molecule has 0 fully saturated rings. The van der Waals surface area contributed by atoms with Gasteiger partial charge in [0.1, 0.15) is 11.4 Å². The predicted molar refractivity (Wildman–Crippen MR) is 115 cm³/mol. The van der Waals surface area contributed by atoms with Crippen molar-refractivity contribution < 1.29 is 18.7 Å². The molecule has 1 aliphatic heterocycles. The molecule has 6 nitrogen and oxygen atoms in total. The summed E-state index contributed by atoms with van der Waals surface area (Å²) in [6.07, 6.45) is 1.03. The molecule has 0 unspecified atom stereocenters. The molecule has 2 amide bonds. The molecular formula is C24H20FN3O3. The summed E-state index contributed by atoms with van der Waals surface area (Å²) in [7, 11) is 0. The Bertz CT molecular complexity index is 1380. The number of ether oxygens (including phenoxy) is 1. The number of amides is 2. The number of carbonyl (C=O) groups excluding carboxylic acids is 2. The van der Waals surface area contributed by atoms with Crippen LogP contribution in [0.4, 0.5) is 9.18 Å². The summed E-state index contributed by atoms with van der Waals surface area (Å²) in [4.78, 5) is 34.3. The molecule has 5 rings (SSSR count). The monoisotopic (exact) mass is 417 g/mol. The van der Waals surface area contributed by atoms with Gasteiger partial charge in [0.2, 0.25) is 0 Å². The Morgan fingerprint density at radius 3 is 2.68 bits per heavy atom. The Morgan fingerprint density at radius 2 is 1.94 bits per heavy atom. The number of nitrogens with one attached hydrogen (secondary N) is 1. The van der Waals surface area contributed by atoms with E-state index in [-0.39, 0.29) is 12.4 Å². The van der Waals surface area contributed by atoms with E-state index in [9.17, 15) is 14.0 Å². The average molecular weight is 417 g/mol. The van der Waals surface area contributed by atoms with E-state index in [1.54, 1.807) is 45.2 Å². The van der Waals surface area contributed by atoms with E-state index in [1.165, 1.54) is 6.07 Å². The second kappa shape index (κ2) is 6.63. The second-order valence-electron chi connectivity index (χ2n) is 8.61. The van der Waals surface area contributed by atoms with E-state index in [1.807, 2.05) is 18.2 Å². The van der Waals surface area contributed by atoms with Gasteiger partial charge in [-0.25, -0.2) is 14.1 Å². The number of carbonyl (C=O) groups is 2. The third kappa shape index (κ3) is 3.13. The van der Waals surface area contributed by atoms with Crippen molar-refractivity contribution in [3.63, 3.8) is 0 Å².